The third kappa shape index (κ3) is 1.59. The molecule has 2 rings (SSSR count). The fourth-order valence-electron chi connectivity index (χ4n) is 1.69. The molecule has 0 amide bonds. The molecule has 1 aromatic heterocycles. The average Bonchev–Trinajstić information content (AvgIpc) is 2.71. The molecule has 1 saturated heterocycles. The number of hydrogen-bond acceptors (Lipinski definition) is 3. The van der Waals surface area contributed by atoms with Crippen LogP contribution in [-0.2, 0) is 18.3 Å². The second-order valence-electron chi connectivity index (χ2n) is 3.45. The average molecular weight is 181 g/mol. The molecular weight excluding hydrogens is 166 g/mol. The van der Waals surface area contributed by atoms with E-state index in [2.05, 4.69) is 11.2 Å². The second kappa shape index (κ2) is 3.47. The molecule has 72 valence electrons. The zero-order valence-corrected chi connectivity index (χ0v) is 7.86. The molecule has 0 saturated carbocycles. The molecular formula is C9H15N3O. The molecule has 0 bridgehead atoms. The molecule has 0 spiro atoms. The van der Waals surface area contributed by atoms with Gasteiger partial charge in [-0.25, -0.2) is 0 Å². The molecule has 1 fully saturated rings. The van der Waals surface area contributed by atoms with Crippen molar-refractivity contribution in [2.24, 2.45) is 12.8 Å². The summed E-state index contributed by atoms with van der Waals surface area (Å²) in [7, 11) is 1.93. The van der Waals surface area contributed by atoms with E-state index in [-0.39, 0.29) is 0 Å². The van der Waals surface area contributed by atoms with Crippen LogP contribution < -0.4 is 5.73 Å². The number of ether oxygens (including phenoxy) is 1. The smallest absolute Gasteiger partial charge is 0.0682 e. The minimum absolute atomic E-state index is 0.478. The maximum Gasteiger partial charge on any atom is 0.0682 e. The minimum Gasteiger partial charge on any atom is -0.381 e. The van der Waals surface area contributed by atoms with Gasteiger partial charge < -0.3 is 10.5 Å². The zero-order chi connectivity index (χ0) is 9.26. The van der Waals surface area contributed by atoms with Gasteiger partial charge in [-0.3, -0.25) is 4.68 Å². The van der Waals surface area contributed by atoms with Crippen molar-refractivity contribution >= 4 is 0 Å². The highest BCUT2D eigenvalue weighted by Gasteiger charge is 2.20. The van der Waals surface area contributed by atoms with E-state index in [9.17, 15) is 0 Å². The van der Waals surface area contributed by atoms with Crippen LogP contribution in [0.25, 0.3) is 0 Å². The molecule has 1 atom stereocenters. The van der Waals surface area contributed by atoms with Crippen LogP contribution >= 0.6 is 0 Å². The highest BCUT2D eigenvalue weighted by Crippen LogP contribution is 2.24. The summed E-state index contributed by atoms with van der Waals surface area (Å²) in [5.41, 5.74) is 7.78. The van der Waals surface area contributed by atoms with Crippen LogP contribution in [0.2, 0.25) is 0 Å². The summed E-state index contributed by atoms with van der Waals surface area (Å²) in [6.45, 7) is 2.22. The van der Waals surface area contributed by atoms with Crippen LogP contribution in [0, 0.1) is 0 Å². The summed E-state index contributed by atoms with van der Waals surface area (Å²) >= 11 is 0. The summed E-state index contributed by atoms with van der Waals surface area (Å²) in [5, 5.41) is 4.42. The normalized spacial score (nSPS) is 22.5. The first-order valence-corrected chi connectivity index (χ1v) is 4.62. The van der Waals surface area contributed by atoms with Gasteiger partial charge in [-0.1, -0.05) is 0 Å². The highest BCUT2D eigenvalue weighted by atomic mass is 16.5. The van der Waals surface area contributed by atoms with Gasteiger partial charge in [0.15, 0.2) is 0 Å². The number of hydrogen-bond donors (Lipinski definition) is 1. The Bertz CT molecular complexity index is 289. The number of aryl methyl sites for hydroxylation is 1. The van der Waals surface area contributed by atoms with Crippen molar-refractivity contribution in [3.8, 4) is 0 Å². The molecule has 1 unspecified atom stereocenters. The molecule has 2 N–H and O–H groups in total. The molecule has 1 aromatic rings. The summed E-state index contributed by atoms with van der Waals surface area (Å²) in [4.78, 5) is 0. The van der Waals surface area contributed by atoms with Gasteiger partial charge in [-0.05, 0) is 12.5 Å². The Hall–Kier alpha value is -0.870. The minimum atomic E-state index is 0.478. The van der Waals surface area contributed by atoms with Gasteiger partial charge in [0.05, 0.1) is 18.0 Å². The van der Waals surface area contributed by atoms with Crippen molar-refractivity contribution in [3.63, 3.8) is 0 Å². The molecule has 0 radical (unpaired) electrons. The highest BCUT2D eigenvalue weighted by molar-refractivity contribution is 5.15. The van der Waals surface area contributed by atoms with Crippen LogP contribution in [0.1, 0.15) is 23.7 Å². The van der Waals surface area contributed by atoms with Gasteiger partial charge >= 0.3 is 0 Å². The molecule has 1 aliphatic rings. The second-order valence-corrected chi connectivity index (χ2v) is 3.45. The standard InChI is InChI=1S/C9H15N3O/c1-12-8(5-10)4-9(11-12)7-2-3-13-6-7/h4,7H,2-3,5-6,10H2,1H3. The Morgan fingerprint density at radius 2 is 2.62 bits per heavy atom. The summed E-state index contributed by atoms with van der Waals surface area (Å²) in [6, 6.07) is 2.08. The number of nitrogens with two attached hydrogens (primary N) is 1. The first-order valence-electron chi connectivity index (χ1n) is 4.62. The predicted molar refractivity (Wildman–Crippen MR) is 49.3 cm³/mol. The van der Waals surface area contributed by atoms with Gasteiger partial charge in [-0.2, -0.15) is 5.10 Å². The monoisotopic (exact) mass is 181 g/mol. The summed E-state index contributed by atoms with van der Waals surface area (Å²) in [5.74, 6) is 0.478. The number of rotatable bonds is 2. The van der Waals surface area contributed by atoms with Crippen LogP contribution in [0.15, 0.2) is 6.07 Å². The van der Waals surface area contributed by atoms with Gasteiger partial charge in [0.25, 0.3) is 0 Å². The van der Waals surface area contributed by atoms with E-state index in [1.165, 1.54) is 0 Å². The quantitative estimate of drug-likeness (QED) is 0.717. The van der Waals surface area contributed by atoms with E-state index in [0.29, 0.717) is 12.5 Å². The van der Waals surface area contributed by atoms with E-state index in [1.54, 1.807) is 0 Å². The Balaban J connectivity index is 2.20. The summed E-state index contributed by atoms with van der Waals surface area (Å²) < 4.78 is 7.17. The first kappa shape index (κ1) is 8.72. The molecule has 4 heteroatoms. The van der Waals surface area contributed by atoms with Crippen molar-refractivity contribution in [1.29, 1.82) is 0 Å². The van der Waals surface area contributed by atoms with E-state index >= 15 is 0 Å². The third-order valence-electron chi connectivity index (χ3n) is 2.55. The fraction of sp³-hybridized carbons (Fsp3) is 0.667. The maximum absolute atomic E-state index is 5.57. The molecule has 13 heavy (non-hydrogen) atoms. The molecule has 0 aliphatic carbocycles. The lowest BCUT2D eigenvalue weighted by Gasteiger charge is -2.00. The van der Waals surface area contributed by atoms with Gasteiger partial charge in [0, 0.05) is 26.1 Å². The lowest BCUT2D eigenvalue weighted by Crippen LogP contribution is -2.04. The van der Waals surface area contributed by atoms with Gasteiger partial charge in [-0.15, -0.1) is 0 Å². The predicted octanol–water partition coefficient (Wildman–Crippen LogP) is 0.383. The third-order valence-corrected chi connectivity index (χ3v) is 2.55. The number of nitrogens with zero attached hydrogens (tertiary/aromatic N) is 2. The Labute approximate surface area is 77.7 Å². The SMILES string of the molecule is Cn1nc(C2CCOC2)cc1CN. The van der Waals surface area contributed by atoms with Crippen molar-refractivity contribution in [3.05, 3.63) is 17.5 Å². The van der Waals surface area contributed by atoms with Crippen molar-refractivity contribution in [2.45, 2.75) is 18.9 Å². The van der Waals surface area contributed by atoms with Gasteiger partial charge in [0.2, 0.25) is 0 Å². The zero-order valence-electron chi connectivity index (χ0n) is 7.86. The number of aromatic nitrogens is 2. The molecule has 4 nitrogen and oxygen atoms in total. The lowest BCUT2D eigenvalue weighted by molar-refractivity contribution is 0.193. The Kier molecular flexibility index (Phi) is 2.33. The van der Waals surface area contributed by atoms with Crippen LogP contribution in [0.5, 0.6) is 0 Å². The van der Waals surface area contributed by atoms with Crippen LogP contribution in [-0.4, -0.2) is 23.0 Å². The first-order chi connectivity index (χ1) is 6.31. The fourth-order valence-corrected chi connectivity index (χ4v) is 1.69. The maximum atomic E-state index is 5.57. The lowest BCUT2D eigenvalue weighted by atomic mass is 10.1. The van der Waals surface area contributed by atoms with Crippen molar-refractivity contribution in [1.82, 2.24) is 9.78 Å². The van der Waals surface area contributed by atoms with Crippen LogP contribution in [0.3, 0.4) is 0 Å². The Morgan fingerprint density at radius 1 is 1.77 bits per heavy atom. The van der Waals surface area contributed by atoms with Crippen molar-refractivity contribution in [2.75, 3.05) is 13.2 Å². The van der Waals surface area contributed by atoms with E-state index in [0.717, 1.165) is 31.0 Å². The topological polar surface area (TPSA) is 53.1 Å². The largest absolute Gasteiger partial charge is 0.381 e. The van der Waals surface area contributed by atoms with E-state index in [4.69, 9.17) is 10.5 Å². The Morgan fingerprint density at radius 3 is 3.15 bits per heavy atom. The van der Waals surface area contributed by atoms with E-state index in [1.807, 2.05) is 11.7 Å². The molecule has 2 heterocycles. The van der Waals surface area contributed by atoms with E-state index < -0.39 is 0 Å². The molecule has 1 aliphatic heterocycles. The van der Waals surface area contributed by atoms with Crippen LogP contribution in [0.4, 0.5) is 0 Å². The summed E-state index contributed by atoms with van der Waals surface area (Å²) in [6.07, 6.45) is 1.08. The van der Waals surface area contributed by atoms with Crippen molar-refractivity contribution < 1.29 is 4.74 Å². The molecule has 0 aromatic carbocycles. The van der Waals surface area contributed by atoms with Gasteiger partial charge in [0.1, 0.15) is 0 Å².